The third-order valence-electron chi connectivity index (χ3n) is 3.41. The largest absolute Gasteiger partial charge is 0.497 e. The maximum absolute atomic E-state index is 5.19. The number of fused-ring (bicyclic) bond motifs is 2. The van der Waals surface area contributed by atoms with Gasteiger partial charge in [-0.2, -0.15) is 0 Å². The number of benzene rings is 2. The van der Waals surface area contributed by atoms with Crippen molar-refractivity contribution in [1.29, 1.82) is 0 Å². The lowest BCUT2D eigenvalue weighted by molar-refractivity contribution is 0.415. The second-order valence-corrected chi connectivity index (χ2v) is 5.77. The van der Waals surface area contributed by atoms with Gasteiger partial charge in [0.1, 0.15) is 16.1 Å². The molecule has 21 heavy (non-hydrogen) atoms. The zero-order valence-electron chi connectivity index (χ0n) is 11.4. The lowest BCUT2D eigenvalue weighted by Crippen LogP contribution is -1.82. The Labute approximate surface area is 125 Å². The molecule has 0 aliphatic heterocycles. The monoisotopic (exact) mass is 292 g/mol. The summed E-state index contributed by atoms with van der Waals surface area (Å²) in [4.78, 5) is 11.5. The van der Waals surface area contributed by atoms with Crippen molar-refractivity contribution in [3.63, 3.8) is 0 Å². The Balaban J connectivity index is 1.87. The average Bonchev–Trinajstić information content (AvgIpc) is 2.95. The first-order valence-corrected chi connectivity index (χ1v) is 7.46. The van der Waals surface area contributed by atoms with E-state index in [2.05, 4.69) is 28.2 Å². The van der Waals surface area contributed by atoms with E-state index < -0.39 is 0 Å². The lowest BCUT2D eigenvalue weighted by atomic mass is 10.2. The molecular formula is C17H12N2OS. The van der Waals surface area contributed by atoms with Crippen molar-refractivity contribution in [3.8, 4) is 16.2 Å². The lowest BCUT2D eigenvalue weighted by Gasteiger charge is -2.00. The minimum atomic E-state index is 0.863. The molecule has 102 valence electrons. The quantitative estimate of drug-likeness (QED) is 0.545. The molecule has 0 atom stereocenters. The van der Waals surface area contributed by atoms with E-state index in [1.165, 1.54) is 4.88 Å². The number of ether oxygens (including phenoxy) is 1. The summed E-state index contributed by atoms with van der Waals surface area (Å²) in [6, 6.07) is 18.1. The third kappa shape index (κ3) is 2.14. The summed E-state index contributed by atoms with van der Waals surface area (Å²) < 4.78 is 5.19. The van der Waals surface area contributed by atoms with Gasteiger partial charge in [0.15, 0.2) is 0 Å². The maximum atomic E-state index is 5.19. The molecular weight excluding hydrogens is 280 g/mol. The second-order valence-electron chi connectivity index (χ2n) is 4.74. The fourth-order valence-electron chi connectivity index (χ4n) is 2.32. The standard InChI is InChI=1S/C17H12N2OS/c1-20-12-8-6-11(7-9-12)16-10-15-17(21-16)19-14-5-3-2-4-13(14)18-15/h2-10H,1H3. The predicted molar refractivity (Wildman–Crippen MR) is 86.9 cm³/mol. The summed E-state index contributed by atoms with van der Waals surface area (Å²) in [5.41, 5.74) is 3.98. The Morgan fingerprint density at radius 1 is 0.857 bits per heavy atom. The first kappa shape index (κ1) is 12.3. The van der Waals surface area contributed by atoms with Gasteiger partial charge in [-0.15, -0.1) is 11.3 Å². The molecule has 0 amide bonds. The highest BCUT2D eigenvalue weighted by Crippen LogP contribution is 2.33. The van der Waals surface area contributed by atoms with Crippen LogP contribution in [-0.4, -0.2) is 17.1 Å². The van der Waals surface area contributed by atoms with Crippen LogP contribution in [0.3, 0.4) is 0 Å². The van der Waals surface area contributed by atoms with Crippen LogP contribution in [0.5, 0.6) is 5.75 Å². The highest BCUT2D eigenvalue weighted by Gasteiger charge is 2.08. The van der Waals surface area contributed by atoms with E-state index in [0.717, 1.165) is 32.7 Å². The van der Waals surface area contributed by atoms with E-state index in [1.54, 1.807) is 18.4 Å². The minimum absolute atomic E-state index is 0.863. The van der Waals surface area contributed by atoms with Gasteiger partial charge < -0.3 is 4.74 Å². The first-order valence-electron chi connectivity index (χ1n) is 6.64. The van der Waals surface area contributed by atoms with Gasteiger partial charge in [0.2, 0.25) is 0 Å². The Bertz CT molecular complexity index is 876. The van der Waals surface area contributed by atoms with Crippen molar-refractivity contribution < 1.29 is 4.74 Å². The summed E-state index contributed by atoms with van der Waals surface area (Å²) in [6.45, 7) is 0. The van der Waals surface area contributed by atoms with Crippen molar-refractivity contribution in [3.05, 3.63) is 54.6 Å². The molecule has 0 saturated heterocycles. The molecule has 0 spiro atoms. The van der Waals surface area contributed by atoms with Crippen LogP contribution >= 0.6 is 11.3 Å². The number of thiophene rings is 1. The van der Waals surface area contributed by atoms with Crippen LogP contribution in [0.25, 0.3) is 31.8 Å². The molecule has 0 saturated carbocycles. The number of methoxy groups -OCH3 is 1. The molecule has 0 aliphatic carbocycles. The van der Waals surface area contributed by atoms with Gasteiger partial charge in [-0.1, -0.05) is 12.1 Å². The maximum Gasteiger partial charge on any atom is 0.143 e. The number of para-hydroxylation sites is 2. The SMILES string of the molecule is COc1ccc(-c2cc3nc4ccccc4nc3s2)cc1. The number of rotatable bonds is 2. The van der Waals surface area contributed by atoms with E-state index in [4.69, 9.17) is 4.74 Å². The smallest absolute Gasteiger partial charge is 0.143 e. The Hall–Kier alpha value is -2.46. The summed E-state index contributed by atoms with van der Waals surface area (Å²) in [6.07, 6.45) is 0. The molecule has 0 N–H and O–H groups in total. The molecule has 0 unspecified atom stereocenters. The van der Waals surface area contributed by atoms with Crippen molar-refractivity contribution in [2.75, 3.05) is 7.11 Å². The third-order valence-corrected chi connectivity index (χ3v) is 4.48. The van der Waals surface area contributed by atoms with Gasteiger partial charge in [0.25, 0.3) is 0 Å². The summed E-state index contributed by atoms with van der Waals surface area (Å²) in [5, 5.41) is 0. The van der Waals surface area contributed by atoms with Crippen LogP contribution in [0, 0.1) is 0 Å². The molecule has 2 aromatic heterocycles. The molecule has 0 bridgehead atoms. The molecule has 4 rings (SSSR count). The zero-order chi connectivity index (χ0) is 14.2. The molecule has 2 heterocycles. The van der Waals surface area contributed by atoms with Crippen LogP contribution in [0.1, 0.15) is 0 Å². The number of nitrogens with zero attached hydrogens (tertiary/aromatic N) is 2. The van der Waals surface area contributed by atoms with E-state index >= 15 is 0 Å². The van der Waals surface area contributed by atoms with E-state index in [1.807, 2.05) is 36.4 Å². The fraction of sp³-hybridized carbons (Fsp3) is 0.0588. The highest BCUT2D eigenvalue weighted by atomic mass is 32.1. The number of hydrogen-bond donors (Lipinski definition) is 0. The van der Waals surface area contributed by atoms with Crippen molar-refractivity contribution in [1.82, 2.24) is 9.97 Å². The number of hydrogen-bond acceptors (Lipinski definition) is 4. The predicted octanol–water partition coefficient (Wildman–Crippen LogP) is 4.52. The summed E-state index contributed by atoms with van der Waals surface area (Å²) in [7, 11) is 1.67. The summed E-state index contributed by atoms with van der Waals surface area (Å²) in [5.74, 6) is 0.863. The van der Waals surface area contributed by atoms with Crippen molar-refractivity contribution >= 4 is 32.7 Å². The van der Waals surface area contributed by atoms with Crippen LogP contribution in [0.15, 0.2) is 54.6 Å². The Kier molecular flexibility index (Phi) is 2.82. The van der Waals surface area contributed by atoms with Gasteiger partial charge in [-0.25, -0.2) is 9.97 Å². The summed E-state index contributed by atoms with van der Waals surface area (Å²) >= 11 is 1.66. The molecule has 0 radical (unpaired) electrons. The van der Waals surface area contributed by atoms with Gasteiger partial charge in [-0.3, -0.25) is 0 Å². The molecule has 0 aliphatic rings. The van der Waals surface area contributed by atoms with Crippen LogP contribution in [-0.2, 0) is 0 Å². The molecule has 4 aromatic rings. The van der Waals surface area contributed by atoms with Gasteiger partial charge in [-0.05, 0) is 48.0 Å². The van der Waals surface area contributed by atoms with E-state index in [-0.39, 0.29) is 0 Å². The average molecular weight is 292 g/mol. The minimum Gasteiger partial charge on any atom is -0.497 e. The first-order chi connectivity index (χ1) is 10.3. The van der Waals surface area contributed by atoms with E-state index in [9.17, 15) is 0 Å². The Morgan fingerprint density at radius 2 is 1.57 bits per heavy atom. The highest BCUT2D eigenvalue weighted by molar-refractivity contribution is 7.21. The van der Waals surface area contributed by atoms with Crippen LogP contribution < -0.4 is 4.74 Å². The second kappa shape index (κ2) is 4.82. The zero-order valence-corrected chi connectivity index (χ0v) is 12.2. The van der Waals surface area contributed by atoms with Crippen LogP contribution in [0.4, 0.5) is 0 Å². The molecule has 0 fully saturated rings. The van der Waals surface area contributed by atoms with Crippen LogP contribution in [0.2, 0.25) is 0 Å². The van der Waals surface area contributed by atoms with Crippen molar-refractivity contribution in [2.24, 2.45) is 0 Å². The normalized spacial score (nSPS) is 11.1. The number of aromatic nitrogens is 2. The van der Waals surface area contributed by atoms with Gasteiger partial charge >= 0.3 is 0 Å². The molecule has 2 aromatic carbocycles. The van der Waals surface area contributed by atoms with Gasteiger partial charge in [0.05, 0.1) is 18.1 Å². The molecule has 3 nitrogen and oxygen atoms in total. The van der Waals surface area contributed by atoms with Crippen molar-refractivity contribution in [2.45, 2.75) is 0 Å². The van der Waals surface area contributed by atoms with Gasteiger partial charge in [0, 0.05) is 4.88 Å². The topological polar surface area (TPSA) is 35.0 Å². The van der Waals surface area contributed by atoms with E-state index in [0.29, 0.717) is 0 Å². The molecule has 4 heteroatoms. The fourth-order valence-corrected chi connectivity index (χ4v) is 3.31. The Morgan fingerprint density at radius 3 is 2.29 bits per heavy atom.